The maximum Gasteiger partial charge on any atom is 0.369 e. The van der Waals surface area contributed by atoms with Crippen molar-refractivity contribution in [1.82, 2.24) is 5.32 Å². The number of carbonyl (C=O) groups excluding carboxylic acids is 1. The standard InChI is InChI=1S/C13H25NO4S2/c1-5-7-8-9-19-13(4,14-10(3)11(15)16)20-12(17)18-6-2/h10,14H,5-9H2,1-4H3,(H,15,16)/t10?,13-/m1/s1. The Hall–Kier alpha value is -0.400. The second-order valence-electron chi connectivity index (χ2n) is 4.49. The normalized spacial score (nSPS) is 15.4. The zero-order chi connectivity index (χ0) is 15.6. The lowest BCUT2D eigenvalue weighted by molar-refractivity contribution is -0.139. The molecule has 0 aliphatic heterocycles. The first kappa shape index (κ1) is 19.6. The Morgan fingerprint density at radius 3 is 2.50 bits per heavy atom. The van der Waals surface area contributed by atoms with Crippen LogP contribution < -0.4 is 5.32 Å². The summed E-state index contributed by atoms with van der Waals surface area (Å²) in [7, 11) is 0. The molecule has 20 heavy (non-hydrogen) atoms. The minimum Gasteiger partial charge on any atom is -0.480 e. The van der Waals surface area contributed by atoms with Crippen molar-refractivity contribution in [3.63, 3.8) is 0 Å². The van der Waals surface area contributed by atoms with E-state index in [4.69, 9.17) is 9.84 Å². The summed E-state index contributed by atoms with van der Waals surface area (Å²) in [4.78, 5) is 22.6. The Kier molecular flexibility index (Phi) is 10.1. The van der Waals surface area contributed by atoms with Gasteiger partial charge in [0, 0.05) is 0 Å². The smallest absolute Gasteiger partial charge is 0.369 e. The fourth-order valence-corrected chi connectivity index (χ4v) is 3.90. The molecule has 0 heterocycles. The highest BCUT2D eigenvalue weighted by molar-refractivity contribution is 8.25. The summed E-state index contributed by atoms with van der Waals surface area (Å²) in [5.41, 5.74) is 0. The topological polar surface area (TPSA) is 75.6 Å². The van der Waals surface area contributed by atoms with E-state index in [1.165, 1.54) is 0 Å². The van der Waals surface area contributed by atoms with Crippen LogP contribution in [0.5, 0.6) is 0 Å². The zero-order valence-electron chi connectivity index (χ0n) is 12.6. The van der Waals surface area contributed by atoms with Crippen LogP contribution in [0.4, 0.5) is 4.79 Å². The number of ether oxygens (including phenoxy) is 1. The molecule has 0 aromatic carbocycles. The molecular weight excluding hydrogens is 298 g/mol. The average Bonchev–Trinajstić information content (AvgIpc) is 2.34. The lowest BCUT2D eigenvalue weighted by Crippen LogP contribution is -2.46. The molecule has 0 amide bonds. The number of aliphatic carboxylic acids is 1. The van der Waals surface area contributed by atoms with Crippen molar-refractivity contribution < 1.29 is 19.4 Å². The maximum absolute atomic E-state index is 11.6. The molecule has 118 valence electrons. The Balaban J connectivity index is 4.56. The summed E-state index contributed by atoms with van der Waals surface area (Å²) in [5, 5.41) is 11.6. The fraction of sp³-hybridized carbons (Fsp3) is 0.846. The summed E-state index contributed by atoms with van der Waals surface area (Å²) in [6.07, 6.45) is 3.30. The van der Waals surface area contributed by atoms with Crippen LogP contribution in [0.25, 0.3) is 0 Å². The van der Waals surface area contributed by atoms with Gasteiger partial charge in [-0.15, -0.1) is 11.8 Å². The highest BCUT2D eigenvalue weighted by atomic mass is 32.2. The van der Waals surface area contributed by atoms with Crippen LogP contribution in [0, 0.1) is 0 Å². The lowest BCUT2D eigenvalue weighted by atomic mass is 10.3. The Morgan fingerprint density at radius 2 is 2.00 bits per heavy atom. The number of unbranched alkanes of at least 4 members (excludes halogenated alkanes) is 2. The van der Waals surface area contributed by atoms with Gasteiger partial charge in [0.15, 0.2) is 0 Å². The van der Waals surface area contributed by atoms with E-state index in [1.54, 1.807) is 25.6 Å². The van der Waals surface area contributed by atoms with Crippen molar-refractivity contribution in [2.24, 2.45) is 0 Å². The van der Waals surface area contributed by atoms with E-state index >= 15 is 0 Å². The van der Waals surface area contributed by atoms with Gasteiger partial charge in [0.25, 0.3) is 0 Å². The number of thioether (sulfide) groups is 2. The van der Waals surface area contributed by atoms with E-state index in [9.17, 15) is 9.59 Å². The van der Waals surface area contributed by atoms with Gasteiger partial charge in [-0.2, -0.15) is 0 Å². The van der Waals surface area contributed by atoms with Crippen molar-refractivity contribution in [1.29, 1.82) is 0 Å². The number of hydrogen-bond acceptors (Lipinski definition) is 6. The van der Waals surface area contributed by atoms with E-state index in [-0.39, 0.29) is 5.30 Å². The number of carboxylic acid groups (broad SMARTS) is 1. The van der Waals surface area contributed by atoms with Gasteiger partial charge in [-0.05, 0) is 44.7 Å². The van der Waals surface area contributed by atoms with Crippen molar-refractivity contribution in [2.75, 3.05) is 12.4 Å². The number of carbonyl (C=O) groups is 2. The molecule has 0 saturated carbocycles. The zero-order valence-corrected chi connectivity index (χ0v) is 14.2. The molecule has 0 spiro atoms. The van der Waals surface area contributed by atoms with Crippen molar-refractivity contribution in [3.8, 4) is 0 Å². The quantitative estimate of drug-likeness (QED) is 0.362. The van der Waals surface area contributed by atoms with Crippen LogP contribution in [0.2, 0.25) is 0 Å². The van der Waals surface area contributed by atoms with E-state index < -0.39 is 16.2 Å². The van der Waals surface area contributed by atoms with Crippen LogP contribution in [-0.2, 0) is 9.53 Å². The molecule has 0 saturated heterocycles. The van der Waals surface area contributed by atoms with Crippen LogP contribution in [0.15, 0.2) is 0 Å². The molecule has 2 N–H and O–H groups in total. The first-order valence-corrected chi connectivity index (χ1v) is 8.65. The largest absolute Gasteiger partial charge is 0.480 e. The maximum atomic E-state index is 11.6. The second kappa shape index (κ2) is 10.3. The van der Waals surface area contributed by atoms with Gasteiger partial charge in [0.1, 0.15) is 10.2 Å². The van der Waals surface area contributed by atoms with Gasteiger partial charge in [-0.3, -0.25) is 10.1 Å². The molecule has 7 heteroatoms. The van der Waals surface area contributed by atoms with Crippen LogP contribution in [-0.4, -0.2) is 39.0 Å². The summed E-state index contributed by atoms with van der Waals surface area (Å²) >= 11 is 2.55. The molecule has 0 aromatic rings. The molecular formula is C13H25NO4S2. The molecule has 5 nitrogen and oxygen atoms in total. The Bertz CT molecular complexity index is 315. The number of hydrogen-bond donors (Lipinski definition) is 2. The second-order valence-corrected chi connectivity index (χ2v) is 7.62. The third-order valence-electron chi connectivity index (χ3n) is 2.51. The number of carboxylic acids is 1. The van der Waals surface area contributed by atoms with Gasteiger partial charge in [0.05, 0.1) is 6.61 Å². The van der Waals surface area contributed by atoms with Crippen molar-refractivity contribution >= 4 is 34.8 Å². The van der Waals surface area contributed by atoms with E-state index in [0.717, 1.165) is 36.8 Å². The van der Waals surface area contributed by atoms with Crippen LogP contribution in [0.1, 0.15) is 47.0 Å². The van der Waals surface area contributed by atoms with E-state index in [1.807, 2.05) is 6.92 Å². The molecule has 0 bridgehead atoms. The predicted octanol–water partition coefficient (Wildman–Crippen LogP) is 3.54. The monoisotopic (exact) mass is 323 g/mol. The number of rotatable bonds is 10. The third-order valence-corrected chi connectivity index (χ3v) is 5.07. The van der Waals surface area contributed by atoms with Gasteiger partial charge >= 0.3 is 11.3 Å². The van der Waals surface area contributed by atoms with Gasteiger partial charge in [-0.1, -0.05) is 19.8 Å². The lowest BCUT2D eigenvalue weighted by Gasteiger charge is -2.30. The number of nitrogens with one attached hydrogen (secondary N) is 1. The van der Waals surface area contributed by atoms with E-state index in [2.05, 4.69) is 12.2 Å². The molecule has 1 unspecified atom stereocenters. The molecule has 0 aliphatic carbocycles. The minimum atomic E-state index is -0.935. The van der Waals surface area contributed by atoms with Crippen LogP contribution >= 0.6 is 23.5 Å². The van der Waals surface area contributed by atoms with Crippen molar-refractivity contribution in [2.45, 2.75) is 57.2 Å². The van der Waals surface area contributed by atoms with E-state index in [0.29, 0.717) is 6.61 Å². The molecule has 0 radical (unpaired) electrons. The fourth-order valence-electron chi connectivity index (χ4n) is 1.48. The molecule has 2 atom stereocenters. The Labute approximate surface area is 129 Å². The Morgan fingerprint density at radius 1 is 1.35 bits per heavy atom. The van der Waals surface area contributed by atoms with Gasteiger partial charge in [-0.25, -0.2) is 4.79 Å². The van der Waals surface area contributed by atoms with Gasteiger partial charge < -0.3 is 9.84 Å². The molecule has 0 aromatic heterocycles. The molecule has 0 rings (SSSR count). The first-order valence-electron chi connectivity index (χ1n) is 6.84. The predicted molar refractivity (Wildman–Crippen MR) is 85.2 cm³/mol. The highest BCUT2D eigenvalue weighted by Gasteiger charge is 2.32. The van der Waals surface area contributed by atoms with Crippen LogP contribution in [0.3, 0.4) is 0 Å². The van der Waals surface area contributed by atoms with Crippen molar-refractivity contribution in [3.05, 3.63) is 0 Å². The average molecular weight is 323 g/mol. The molecule has 0 fully saturated rings. The summed E-state index contributed by atoms with van der Waals surface area (Å²) in [6.45, 7) is 7.58. The molecule has 0 aliphatic rings. The SMILES string of the molecule is CCCCCS[C@@](C)(NC(C)C(=O)O)SC(=O)OCC. The summed E-state index contributed by atoms with van der Waals surface area (Å²) < 4.78 is 4.23. The van der Waals surface area contributed by atoms with Gasteiger partial charge in [0.2, 0.25) is 0 Å². The summed E-state index contributed by atoms with van der Waals surface area (Å²) in [6, 6.07) is -0.722. The third kappa shape index (κ3) is 8.71. The summed E-state index contributed by atoms with van der Waals surface area (Å²) in [5.74, 6) is -0.0642. The highest BCUT2D eigenvalue weighted by Crippen LogP contribution is 2.36. The minimum absolute atomic E-state index is 0.316. The first-order chi connectivity index (χ1) is 9.34.